The van der Waals surface area contributed by atoms with E-state index < -0.39 is 6.10 Å². The van der Waals surface area contributed by atoms with Crippen molar-refractivity contribution >= 4 is 17.2 Å². The maximum atomic E-state index is 12.1. The second-order valence-electron chi connectivity index (χ2n) is 4.39. The number of amides is 1. The Morgan fingerprint density at radius 2 is 2.15 bits per heavy atom. The largest absolute Gasteiger partial charge is 0.496 e. The third kappa shape index (κ3) is 3.18. The SMILES string of the molecule is COc1ccccc1C(=O)NC[C@@H](O)c1sccc1C. The van der Waals surface area contributed by atoms with Crippen molar-refractivity contribution in [3.05, 3.63) is 51.7 Å². The lowest BCUT2D eigenvalue weighted by atomic mass is 10.1. The Morgan fingerprint density at radius 1 is 1.40 bits per heavy atom. The number of benzene rings is 1. The van der Waals surface area contributed by atoms with Crippen LogP contribution in [0.3, 0.4) is 0 Å². The number of para-hydroxylation sites is 1. The van der Waals surface area contributed by atoms with Crippen LogP contribution in [0.5, 0.6) is 5.75 Å². The number of aliphatic hydroxyl groups is 1. The van der Waals surface area contributed by atoms with Gasteiger partial charge in [0.25, 0.3) is 5.91 Å². The Morgan fingerprint density at radius 3 is 2.80 bits per heavy atom. The Labute approximate surface area is 122 Å². The molecule has 106 valence electrons. The van der Waals surface area contributed by atoms with Crippen molar-refractivity contribution in [2.45, 2.75) is 13.0 Å². The summed E-state index contributed by atoms with van der Waals surface area (Å²) in [5, 5.41) is 14.7. The summed E-state index contributed by atoms with van der Waals surface area (Å²) in [4.78, 5) is 13.0. The van der Waals surface area contributed by atoms with E-state index >= 15 is 0 Å². The van der Waals surface area contributed by atoms with Gasteiger partial charge in [-0.3, -0.25) is 4.79 Å². The van der Waals surface area contributed by atoms with Gasteiger partial charge in [0.2, 0.25) is 0 Å². The predicted octanol–water partition coefficient (Wildman–Crippen LogP) is 2.53. The minimum Gasteiger partial charge on any atom is -0.496 e. The van der Waals surface area contributed by atoms with Crippen LogP contribution in [-0.4, -0.2) is 24.7 Å². The number of carbonyl (C=O) groups is 1. The van der Waals surface area contributed by atoms with E-state index in [2.05, 4.69) is 5.32 Å². The summed E-state index contributed by atoms with van der Waals surface area (Å²) in [6.07, 6.45) is -0.686. The Kier molecular flexibility index (Phi) is 4.76. The van der Waals surface area contributed by atoms with Crippen molar-refractivity contribution < 1.29 is 14.6 Å². The first kappa shape index (κ1) is 14.6. The number of carbonyl (C=O) groups excluding carboxylic acids is 1. The highest BCUT2D eigenvalue weighted by Gasteiger charge is 2.15. The summed E-state index contributed by atoms with van der Waals surface area (Å²) in [7, 11) is 1.52. The van der Waals surface area contributed by atoms with Crippen LogP contribution in [0.15, 0.2) is 35.7 Å². The quantitative estimate of drug-likeness (QED) is 0.890. The number of hydrogen-bond acceptors (Lipinski definition) is 4. The summed E-state index contributed by atoms with van der Waals surface area (Å²) in [5.74, 6) is 0.266. The first-order chi connectivity index (χ1) is 9.63. The number of methoxy groups -OCH3 is 1. The van der Waals surface area contributed by atoms with Crippen molar-refractivity contribution in [2.75, 3.05) is 13.7 Å². The van der Waals surface area contributed by atoms with E-state index in [1.807, 2.05) is 18.4 Å². The molecule has 20 heavy (non-hydrogen) atoms. The second-order valence-corrected chi connectivity index (χ2v) is 5.34. The number of aliphatic hydroxyl groups excluding tert-OH is 1. The lowest BCUT2D eigenvalue weighted by molar-refractivity contribution is 0.0914. The zero-order chi connectivity index (χ0) is 14.5. The van der Waals surface area contributed by atoms with Gasteiger partial charge in [0, 0.05) is 11.4 Å². The highest BCUT2D eigenvalue weighted by atomic mass is 32.1. The van der Waals surface area contributed by atoms with Crippen LogP contribution < -0.4 is 10.1 Å². The summed E-state index contributed by atoms with van der Waals surface area (Å²) >= 11 is 1.49. The molecule has 4 nitrogen and oxygen atoms in total. The van der Waals surface area contributed by atoms with Gasteiger partial charge in [0.05, 0.1) is 12.7 Å². The zero-order valence-electron chi connectivity index (χ0n) is 11.4. The minimum absolute atomic E-state index is 0.179. The number of thiophene rings is 1. The van der Waals surface area contributed by atoms with Gasteiger partial charge in [-0.25, -0.2) is 0 Å². The molecule has 0 bridgehead atoms. The number of ether oxygens (including phenoxy) is 1. The fourth-order valence-corrected chi connectivity index (χ4v) is 2.85. The van der Waals surface area contributed by atoms with Crippen molar-refractivity contribution in [1.82, 2.24) is 5.32 Å². The average Bonchev–Trinajstić information content (AvgIpc) is 2.90. The van der Waals surface area contributed by atoms with Gasteiger partial charge < -0.3 is 15.2 Å². The normalized spacial score (nSPS) is 11.9. The fraction of sp³-hybridized carbons (Fsp3) is 0.267. The molecule has 1 atom stereocenters. The molecule has 1 aromatic carbocycles. The van der Waals surface area contributed by atoms with E-state index in [1.165, 1.54) is 18.4 Å². The molecule has 0 saturated heterocycles. The molecule has 5 heteroatoms. The monoisotopic (exact) mass is 291 g/mol. The van der Waals surface area contributed by atoms with Gasteiger partial charge in [0.1, 0.15) is 11.9 Å². The third-order valence-electron chi connectivity index (χ3n) is 3.01. The van der Waals surface area contributed by atoms with E-state index in [9.17, 15) is 9.90 Å². The molecular formula is C15H17NO3S. The molecule has 2 rings (SSSR count). The number of nitrogens with one attached hydrogen (secondary N) is 1. The Balaban J connectivity index is 2.00. The molecular weight excluding hydrogens is 274 g/mol. The summed E-state index contributed by atoms with van der Waals surface area (Å²) in [6.45, 7) is 2.12. The number of aryl methyl sites for hydroxylation is 1. The van der Waals surface area contributed by atoms with Gasteiger partial charge in [-0.1, -0.05) is 12.1 Å². The lowest BCUT2D eigenvalue weighted by Gasteiger charge is -2.13. The van der Waals surface area contributed by atoms with Gasteiger partial charge in [0.15, 0.2) is 0 Å². The molecule has 0 aliphatic rings. The third-order valence-corrected chi connectivity index (χ3v) is 4.13. The summed E-state index contributed by atoms with van der Waals surface area (Å²) in [5.41, 5.74) is 1.50. The van der Waals surface area contributed by atoms with Gasteiger partial charge in [-0.2, -0.15) is 0 Å². The molecule has 0 unspecified atom stereocenters. The molecule has 2 aromatic rings. The predicted molar refractivity (Wildman–Crippen MR) is 79.3 cm³/mol. The lowest BCUT2D eigenvalue weighted by Crippen LogP contribution is -2.28. The average molecular weight is 291 g/mol. The van der Waals surface area contributed by atoms with Crippen molar-refractivity contribution in [1.29, 1.82) is 0 Å². The molecule has 0 spiro atoms. The van der Waals surface area contributed by atoms with E-state index in [0.29, 0.717) is 11.3 Å². The van der Waals surface area contributed by atoms with Crippen LogP contribution in [0.4, 0.5) is 0 Å². The molecule has 0 saturated carbocycles. The molecule has 2 N–H and O–H groups in total. The zero-order valence-corrected chi connectivity index (χ0v) is 12.2. The van der Waals surface area contributed by atoms with E-state index in [1.54, 1.807) is 24.3 Å². The van der Waals surface area contributed by atoms with Crippen LogP contribution in [0, 0.1) is 6.92 Å². The van der Waals surface area contributed by atoms with Crippen molar-refractivity contribution in [3.63, 3.8) is 0 Å². The highest BCUT2D eigenvalue weighted by molar-refractivity contribution is 7.10. The Bertz CT molecular complexity index is 594. The number of rotatable bonds is 5. The minimum atomic E-state index is -0.686. The van der Waals surface area contributed by atoms with Crippen LogP contribution in [0.25, 0.3) is 0 Å². The van der Waals surface area contributed by atoms with Crippen LogP contribution in [-0.2, 0) is 0 Å². The molecule has 1 heterocycles. The summed E-state index contributed by atoms with van der Waals surface area (Å²) < 4.78 is 5.14. The molecule has 0 aliphatic carbocycles. The maximum Gasteiger partial charge on any atom is 0.255 e. The molecule has 1 aromatic heterocycles. The first-order valence-electron chi connectivity index (χ1n) is 6.26. The van der Waals surface area contributed by atoms with Gasteiger partial charge in [-0.05, 0) is 36.1 Å². The first-order valence-corrected chi connectivity index (χ1v) is 7.14. The van der Waals surface area contributed by atoms with Crippen LogP contribution >= 0.6 is 11.3 Å². The van der Waals surface area contributed by atoms with E-state index in [4.69, 9.17) is 4.74 Å². The molecule has 0 aliphatic heterocycles. The van der Waals surface area contributed by atoms with Crippen molar-refractivity contribution in [3.8, 4) is 5.75 Å². The van der Waals surface area contributed by atoms with E-state index in [0.717, 1.165) is 10.4 Å². The smallest absolute Gasteiger partial charge is 0.255 e. The number of hydrogen-bond donors (Lipinski definition) is 2. The Hall–Kier alpha value is -1.85. The second kappa shape index (κ2) is 6.54. The molecule has 0 fully saturated rings. The topological polar surface area (TPSA) is 58.6 Å². The van der Waals surface area contributed by atoms with Crippen LogP contribution in [0.1, 0.15) is 26.9 Å². The van der Waals surface area contributed by atoms with Crippen LogP contribution in [0.2, 0.25) is 0 Å². The summed E-state index contributed by atoms with van der Waals surface area (Å²) in [6, 6.07) is 8.95. The van der Waals surface area contributed by atoms with Gasteiger partial charge >= 0.3 is 0 Å². The highest BCUT2D eigenvalue weighted by Crippen LogP contribution is 2.23. The standard InChI is InChI=1S/C15H17NO3S/c1-10-7-8-20-14(10)12(17)9-16-15(18)11-5-3-4-6-13(11)19-2/h3-8,12,17H,9H2,1-2H3,(H,16,18)/t12-/m1/s1. The molecule has 0 radical (unpaired) electrons. The van der Waals surface area contributed by atoms with Gasteiger partial charge in [-0.15, -0.1) is 11.3 Å². The van der Waals surface area contributed by atoms with Crippen molar-refractivity contribution in [2.24, 2.45) is 0 Å². The fourth-order valence-electron chi connectivity index (χ4n) is 1.94. The molecule has 1 amide bonds. The maximum absolute atomic E-state index is 12.1. The van der Waals surface area contributed by atoms with E-state index in [-0.39, 0.29) is 12.5 Å².